The van der Waals surface area contributed by atoms with Crippen LogP contribution in [0, 0.1) is 5.82 Å². The van der Waals surface area contributed by atoms with E-state index in [1.54, 1.807) is 13.2 Å². The third-order valence-electron chi connectivity index (χ3n) is 3.52. The molecule has 0 aromatic heterocycles. The zero-order valence-electron chi connectivity index (χ0n) is 12.3. The SMILES string of the molecule is CCC(C)N(CCOC)Cc1ccc(F)c(B(O)O)c1. The van der Waals surface area contributed by atoms with Gasteiger partial charge in [0.2, 0.25) is 0 Å². The predicted octanol–water partition coefficient (Wildman–Crippen LogP) is 0.752. The third-order valence-corrected chi connectivity index (χ3v) is 3.52. The van der Waals surface area contributed by atoms with Gasteiger partial charge < -0.3 is 14.8 Å². The Morgan fingerprint density at radius 3 is 2.65 bits per heavy atom. The first-order chi connectivity index (χ1) is 9.49. The number of hydrogen-bond donors (Lipinski definition) is 2. The first-order valence-corrected chi connectivity index (χ1v) is 6.87. The van der Waals surface area contributed by atoms with Crippen LogP contribution in [0.25, 0.3) is 0 Å². The summed E-state index contributed by atoms with van der Waals surface area (Å²) >= 11 is 0. The molecule has 20 heavy (non-hydrogen) atoms. The Balaban J connectivity index is 2.84. The summed E-state index contributed by atoms with van der Waals surface area (Å²) in [6.07, 6.45) is 1.00. The van der Waals surface area contributed by atoms with Gasteiger partial charge in [-0.25, -0.2) is 4.39 Å². The molecule has 0 aliphatic rings. The zero-order valence-corrected chi connectivity index (χ0v) is 12.3. The predicted molar refractivity (Wildman–Crippen MR) is 78.3 cm³/mol. The first kappa shape index (κ1) is 17.1. The van der Waals surface area contributed by atoms with E-state index < -0.39 is 12.9 Å². The highest BCUT2D eigenvalue weighted by atomic mass is 19.1. The van der Waals surface area contributed by atoms with E-state index in [-0.39, 0.29) is 5.46 Å². The molecule has 0 aliphatic carbocycles. The number of hydrogen-bond acceptors (Lipinski definition) is 4. The van der Waals surface area contributed by atoms with E-state index in [0.717, 1.165) is 18.5 Å². The van der Waals surface area contributed by atoms with Gasteiger partial charge in [-0.05, 0) is 25.0 Å². The fourth-order valence-corrected chi connectivity index (χ4v) is 2.05. The molecule has 112 valence electrons. The van der Waals surface area contributed by atoms with Gasteiger partial charge in [-0.3, -0.25) is 4.90 Å². The lowest BCUT2D eigenvalue weighted by Gasteiger charge is -2.28. The van der Waals surface area contributed by atoms with Crippen LogP contribution in [0.1, 0.15) is 25.8 Å². The molecule has 0 saturated heterocycles. The Morgan fingerprint density at radius 1 is 1.40 bits per heavy atom. The van der Waals surface area contributed by atoms with Gasteiger partial charge in [0.25, 0.3) is 0 Å². The number of nitrogens with zero attached hydrogens (tertiary/aromatic N) is 1. The maximum atomic E-state index is 13.4. The highest BCUT2D eigenvalue weighted by Gasteiger charge is 2.18. The Labute approximate surface area is 120 Å². The van der Waals surface area contributed by atoms with Gasteiger partial charge in [-0.15, -0.1) is 0 Å². The summed E-state index contributed by atoms with van der Waals surface area (Å²) in [5.74, 6) is -0.601. The van der Waals surface area contributed by atoms with Crippen molar-refractivity contribution in [1.29, 1.82) is 0 Å². The highest BCUT2D eigenvalue weighted by Crippen LogP contribution is 2.11. The zero-order chi connectivity index (χ0) is 15.1. The van der Waals surface area contributed by atoms with Crippen LogP contribution in [0.5, 0.6) is 0 Å². The van der Waals surface area contributed by atoms with Gasteiger partial charge in [0.15, 0.2) is 0 Å². The maximum Gasteiger partial charge on any atom is 0.491 e. The van der Waals surface area contributed by atoms with Crippen LogP contribution < -0.4 is 5.46 Å². The third kappa shape index (κ3) is 4.87. The fourth-order valence-electron chi connectivity index (χ4n) is 2.05. The van der Waals surface area contributed by atoms with Crippen molar-refractivity contribution in [2.45, 2.75) is 32.9 Å². The van der Waals surface area contributed by atoms with Gasteiger partial charge >= 0.3 is 7.12 Å². The summed E-state index contributed by atoms with van der Waals surface area (Å²) in [4.78, 5) is 2.23. The molecule has 1 aromatic carbocycles. The van der Waals surface area contributed by atoms with Gasteiger partial charge in [0.05, 0.1) is 6.61 Å². The van der Waals surface area contributed by atoms with Crippen molar-refractivity contribution in [3.8, 4) is 0 Å². The Morgan fingerprint density at radius 2 is 2.10 bits per heavy atom. The molecule has 0 heterocycles. The minimum absolute atomic E-state index is 0.0849. The molecule has 0 spiro atoms. The molecule has 6 heteroatoms. The van der Waals surface area contributed by atoms with Crippen molar-refractivity contribution in [3.05, 3.63) is 29.6 Å². The quantitative estimate of drug-likeness (QED) is 0.691. The minimum atomic E-state index is -1.79. The van der Waals surface area contributed by atoms with E-state index in [2.05, 4.69) is 18.7 Å². The largest absolute Gasteiger partial charge is 0.491 e. The first-order valence-electron chi connectivity index (χ1n) is 6.87. The molecule has 0 saturated carbocycles. The van der Waals surface area contributed by atoms with Gasteiger partial charge in [-0.2, -0.15) is 0 Å². The molecule has 1 rings (SSSR count). The summed E-state index contributed by atoms with van der Waals surface area (Å²) in [5.41, 5.74) is 0.768. The van der Waals surface area contributed by atoms with Crippen molar-refractivity contribution in [1.82, 2.24) is 4.90 Å². The summed E-state index contributed by atoms with van der Waals surface area (Å²) in [6, 6.07) is 4.82. The summed E-state index contributed by atoms with van der Waals surface area (Å²) in [6.45, 7) is 6.26. The van der Waals surface area contributed by atoms with Crippen LogP contribution >= 0.6 is 0 Å². The molecule has 2 N–H and O–H groups in total. The molecule has 1 atom stereocenters. The molecule has 1 aromatic rings. The van der Waals surface area contributed by atoms with Crippen LogP contribution in [0.4, 0.5) is 4.39 Å². The van der Waals surface area contributed by atoms with Crippen molar-refractivity contribution in [2.75, 3.05) is 20.3 Å². The number of benzene rings is 1. The van der Waals surface area contributed by atoms with Gasteiger partial charge in [-0.1, -0.05) is 19.1 Å². The lowest BCUT2D eigenvalue weighted by Crippen LogP contribution is -2.36. The Hall–Kier alpha value is -0.945. The number of methoxy groups -OCH3 is 1. The second-order valence-corrected chi connectivity index (χ2v) is 4.95. The van der Waals surface area contributed by atoms with Crippen LogP contribution in [-0.2, 0) is 11.3 Å². The molecule has 0 radical (unpaired) electrons. The molecule has 0 amide bonds. The topological polar surface area (TPSA) is 52.9 Å². The Kier molecular flexibility index (Phi) is 7.16. The molecule has 0 bridgehead atoms. The van der Waals surface area contributed by atoms with Gasteiger partial charge in [0.1, 0.15) is 5.82 Å². The smallest absolute Gasteiger partial charge is 0.423 e. The molecule has 0 aliphatic heterocycles. The average molecular weight is 283 g/mol. The van der Waals surface area contributed by atoms with E-state index in [9.17, 15) is 4.39 Å². The molecule has 4 nitrogen and oxygen atoms in total. The van der Waals surface area contributed by atoms with Crippen LogP contribution in [0.2, 0.25) is 0 Å². The van der Waals surface area contributed by atoms with Crippen molar-refractivity contribution < 1.29 is 19.2 Å². The maximum absolute atomic E-state index is 13.4. The van der Waals surface area contributed by atoms with Crippen LogP contribution in [0.15, 0.2) is 18.2 Å². The standard InChI is InChI=1S/C14H23BFNO3/c1-4-11(2)17(7-8-20-3)10-12-5-6-14(16)13(9-12)15(18)19/h5-6,9,11,18-19H,4,7-8,10H2,1-3H3. The van der Waals surface area contributed by atoms with Crippen molar-refractivity contribution in [3.63, 3.8) is 0 Å². The fraction of sp³-hybridized carbons (Fsp3) is 0.571. The second-order valence-electron chi connectivity index (χ2n) is 4.95. The monoisotopic (exact) mass is 283 g/mol. The van der Waals surface area contributed by atoms with Crippen molar-refractivity contribution >= 4 is 12.6 Å². The van der Waals surface area contributed by atoms with E-state index >= 15 is 0 Å². The summed E-state index contributed by atoms with van der Waals surface area (Å²) in [5, 5.41) is 18.3. The number of halogens is 1. The van der Waals surface area contributed by atoms with Crippen molar-refractivity contribution in [2.24, 2.45) is 0 Å². The van der Waals surface area contributed by atoms with E-state index in [1.807, 2.05) is 0 Å². The lowest BCUT2D eigenvalue weighted by molar-refractivity contribution is 0.118. The van der Waals surface area contributed by atoms with E-state index in [1.165, 1.54) is 12.1 Å². The number of ether oxygens (including phenoxy) is 1. The summed E-state index contributed by atoms with van der Waals surface area (Å²) in [7, 11) is -0.127. The lowest BCUT2D eigenvalue weighted by atomic mass is 9.79. The summed E-state index contributed by atoms with van der Waals surface area (Å²) < 4.78 is 18.5. The van der Waals surface area contributed by atoms with Crippen LogP contribution in [-0.4, -0.2) is 48.4 Å². The van der Waals surface area contributed by atoms with E-state index in [4.69, 9.17) is 14.8 Å². The van der Waals surface area contributed by atoms with Gasteiger partial charge in [0, 0.05) is 31.7 Å². The molecule has 1 unspecified atom stereocenters. The normalized spacial score (nSPS) is 12.8. The van der Waals surface area contributed by atoms with Crippen LogP contribution in [0.3, 0.4) is 0 Å². The average Bonchev–Trinajstić information content (AvgIpc) is 2.43. The molecular formula is C14H23BFNO3. The minimum Gasteiger partial charge on any atom is -0.423 e. The second kappa shape index (κ2) is 8.37. The molecule has 0 fully saturated rings. The molecular weight excluding hydrogens is 260 g/mol. The van der Waals surface area contributed by atoms with E-state index in [0.29, 0.717) is 19.2 Å². The Bertz CT molecular complexity index is 417. The highest BCUT2D eigenvalue weighted by molar-refractivity contribution is 6.58. The number of rotatable bonds is 8.